The molecule has 0 aliphatic carbocycles. The summed E-state index contributed by atoms with van der Waals surface area (Å²) < 4.78 is 12.7. The van der Waals surface area contributed by atoms with Gasteiger partial charge in [-0.3, -0.25) is 24.2 Å². The van der Waals surface area contributed by atoms with Gasteiger partial charge in [-0.25, -0.2) is 0 Å². The summed E-state index contributed by atoms with van der Waals surface area (Å²) in [7, 11) is 5.03. The predicted octanol–water partition coefficient (Wildman–Crippen LogP) is 3.62. The van der Waals surface area contributed by atoms with Gasteiger partial charge < -0.3 is 14.8 Å². The second-order valence-electron chi connectivity index (χ2n) is 9.88. The molecule has 0 saturated heterocycles. The van der Waals surface area contributed by atoms with E-state index in [4.69, 9.17) is 14.6 Å². The van der Waals surface area contributed by atoms with Crippen molar-refractivity contribution in [3.63, 3.8) is 0 Å². The number of nitrogens with one attached hydrogen (secondary N) is 1. The second kappa shape index (κ2) is 10.8. The molecule has 9 nitrogen and oxygen atoms in total. The van der Waals surface area contributed by atoms with E-state index >= 15 is 0 Å². The monoisotopic (exact) mass is 523 g/mol. The Morgan fingerprint density at radius 1 is 1.19 bits per heavy atom. The molecule has 196 valence electrons. The fourth-order valence-electron chi connectivity index (χ4n) is 4.43. The van der Waals surface area contributed by atoms with Gasteiger partial charge in [-0.15, -0.1) is 11.8 Å². The van der Waals surface area contributed by atoms with Crippen LogP contribution in [-0.2, 0) is 28.6 Å². The summed E-state index contributed by atoms with van der Waals surface area (Å²) in [5.74, 6) is 1.70. The van der Waals surface area contributed by atoms with E-state index in [1.165, 1.54) is 11.8 Å². The molecule has 10 heteroatoms. The highest BCUT2D eigenvalue weighted by Gasteiger charge is 2.39. The number of pyridine rings is 1. The zero-order chi connectivity index (χ0) is 26.7. The van der Waals surface area contributed by atoms with Gasteiger partial charge in [0.1, 0.15) is 12.4 Å². The number of ether oxygens (including phenoxy) is 2. The number of benzene rings is 1. The molecule has 1 unspecified atom stereocenters. The Bertz CT molecular complexity index is 1290. The van der Waals surface area contributed by atoms with Crippen LogP contribution in [0.3, 0.4) is 0 Å². The Balaban J connectivity index is 1.74. The summed E-state index contributed by atoms with van der Waals surface area (Å²) in [5.41, 5.74) is 3.38. The number of carbonyl (C=O) groups excluding carboxylic acids is 2. The number of aryl methyl sites for hydroxylation is 1. The van der Waals surface area contributed by atoms with Crippen molar-refractivity contribution in [1.82, 2.24) is 20.1 Å². The van der Waals surface area contributed by atoms with Crippen LogP contribution < -0.4 is 19.7 Å². The van der Waals surface area contributed by atoms with E-state index in [-0.39, 0.29) is 34.8 Å². The first-order valence-corrected chi connectivity index (χ1v) is 13.1. The van der Waals surface area contributed by atoms with Crippen LogP contribution >= 0.6 is 11.8 Å². The molecule has 3 heterocycles. The molecule has 2 amide bonds. The van der Waals surface area contributed by atoms with Crippen LogP contribution in [0, 0.1) is 0 Å². The molecule has 1 N–H and O–H groups in total. The van der Waals surface area contributed by atoms with E-state index in [1.54, 1.807) is 36.2 Å². The van der Waals surface area contributed by atoms with E-state index in [0.29, 0.717) is 23.9 Å². The molecule has 0 spiro atoms. The minimum absolute atomic E-state index is 0.103. The third-order valence-electron chi connectivity index (χ3n) is 6.18. The standard InChI is InChI=1S/C27H33N5O4S/c1-27(2,3)25-23-24(18-9-10-19(35-5)20(12-18)36-6)37-16-22(34)32(26(23)31(4)30-25)15-21(33)29-14-17-8-7-11-28-13-17/h7-13,24H,14-16H2,1-6H3,(H,29,33). The molecular formula is C27H33N5O4S. The first kappa shape index (κ1) is 26.5. The van der Waals surface area contributed by atoms with E-state index in [1.807, 2.05) is 37.4 Å². The minimum Gasteiger partial charge on any atom is -0.493 e. The van der Waals surface area contributed by atoms with Gasteiger partial charge in [-0.2, -0.15) is 5.10 Å². The molecule has 3 aromatic rings. The van der Waals surface area contributed by atoms with Gasteiger partial charge >= 0.3 is 0 Å². The van der Waals surface area contributed by atoms with E-state index in [2.05, 4.69) is 31.1 Å². The number of thioether (sulfide) groups is 1. The highest BCUT2D eigenvalue weighted by atomic mass is 32.2. The van der Waals surface area contributed by atoms with Crippen LogP contribution in [0.4, 0.5) is 5.82 Å². The number of hydrogen-bond acceptors (Lipinski definition) is 7. The molecule has 37 heavy (non-hydrogen) atoms. The maximum Gasteiger partial charge on any atom is 0.240 e. The number of hydrogen-bond donors (Lipinski definition) is 1. The average molecular weight is 524 g/mol. The predicted molar refractivity (Wildman–Crippen MR) is 144 cm³/mol. The first-order valence-electron chi connectivity index (χ1n) is 12.0. The zero-order valence-corrected chi connectivity index (χ0v) is 22.9. The molecule has 1 atom stereocenters. The highest BCUT2D eigenvalue weighted by molar-refractivity contribution is 8.00. The van der Waals surface area contributed by atoms with Crippen LogP contribution in [0.25, 0.3) is 0 Å². The molecule has 1 aromatic carbocycles. The van der Waals surface area contributed by atoms with Gasteiger partial charge in [0.25, 0.3) is 0 Å². The van der Waals surface area contributed by atoms with Crippen molar-refractivity contribution in [3.8, 4) is 11.5 Å². The highest BCUT2D eigenvalue weighted by Crippen LogP contribution is 2.48. The van der Waals surface area contributed by atoms with Gasteiger partial charge in [0.15, 0.2) is 11.5 Å². The first-order chi connectivity index (χ1) is 17.6. The van der Waals surface area contributed by atoms with Crippen LogP contribution in [0.1, 0.15) is 48.4 Å². The van der Waals surface area contributed by atoms with Gasteiger partial charge in [0.05, 0.1) is 30.9 Å². The van der Waals surface area contributed by atoms with Crippen LogP contribution in [0.15, 0.2) is 42.7 Å². The van der Waals surface area contributed by atoms with Crippen LogP contribution in [-0.4, -0.2) is 53.1 Å². The zero-order valence-electron chi connectivity index (χ0n) is 22.1. The number of aromatic nitrogens is 3. The lowest BCUT2D eigenvalue weighted by molar-refractivity contribution is -0.123. The number of carbonyl (C=O) groups is 2. The molecule has 0 radical (unpaired) electrons. The Morgan fingerprint density at radius 3 is 2.59 bits per heavy atom. The molecule has 0 bridgehead atoms. The van der Waals surface area contributed by atoms with E-state index in [9.17, 15) is 9.59 Å². The van der Waals surface area contributed by atoms with Crippen LogP contribution in [0.5, 0.6) is 11.5 Å². The summed E-state index contributed by atoms with van der Waals surface area (Å²) >= 11 is 1.52. The quantitative estimate of drug-likeness (QED) is 0.505. The molecule has 1 aliphatic rings. The number of amides is 2. The maximum atomic E-state index is 13.4. The Morgan fingerprint density at radius 2 is 1.95 bits per heavy atom. The summed E-state index contributed by atoms with van der Waals surface area (Å²) in [4.78, 5) is 32.1. The van der Waals surface area contributed by atoms with Gasteiger partial charge in [-0.1, -0.05) is 32.9 Å². The third kappa shape index (κ3) is 5.58. The molecule has 2 aromatic heterocycles. The summed E-state index contributed by atoms with van der Waals surface area (Å²) in [5, 5.41) is 7.57. The van der Waals surface area contributed by atoms with Gasteiger partial charge in [0, 0.05) is 37.0 Å². The lowest BCUT2D eigenvalue weighted by Gasteiger charge is -2.24. The topological polar surface area (TPSA) is 98.6 Å². The van der Waals surface area contributed by atoms with Crippen LogP contribution in [0.2, 0.25) is 0 Å². The Hall–Kier alpha value is -3.53. The lowest BCUT2D eigenvalue weighted by atomic mass is 9.87. The van der Waals surface area contributed by atoms with Crippen molar-refractivity contribution < 1.29 is 19.1 Å². The Kier molecular flexibility index (Phi) is 7.77. The number of rotatable bonds is 7. The fraction of sp³-hybridized carbons (Fsp3) is 0.407. The van der Waals surface area contributed by atoms with Crippen molar-refractivity contribution in [2.45, 2.75) is 38.0 Å². The molecule has 1 aliphatic heterocycles. The number of fused-ring (bicyclic) bond motifs is 1. The second-order valence-corrected chi connectivity index (χ2v) is 11.0. The van der Waals surface area contributed by atoms with Crippen molar-refractivity contribution in [1.29, 1.82) is 0 Å². The molecular weight excluding hydrogens is 490 g/mol. The third-order valence-corrected chi connectivity index (χ3v) is 7.43. The fourth-order valence-corrected chi connectivity index (χ4v) is 5.61. The summed E-state index contributed by atoms with van der Waals surface area (Å²) in [6.07, 6.45) is 3.39. The maximum absolute atomic E-state index is 13.4. The molecule has 0 fully saturated rings. The van der Waals surface area contributed by atoms with Crippen molar-refractivity contribution in [2.75, 3.05) is 31.4 Å². The van der Waals surface area contributed by atoms with Gasteiger partial charge in [-0.05, 0) is 29.3 Å². The lowest BCUT2D eigenvalue weighted by Crippen LogP contribution is -2.42. The van der Waals surface area contributed by atoms with Crippen molar-refractivity contribution in [3.05, 3.63) is 65.1 Å². The number of methoxy groups -OCH3 is 2. The minimum atomic E-state index is -0.289. The summed E-state index contributed by atoms with van der Waals surface area (Å²) in [6.45, 7) is 6.54. The van der Waals surface area contributed by atoms with Crippen molar-refractivity contribution >= 4 is 29.4 Å². The SMILES string of the molecule is COc1ccc(C2SCC(=O)N(CC(=O)NCc3cccnc3)c3c2c(C(C)(C)C)nn3C)cc1OC. The van der Waals surface area contributed by atoms with Crippen molar-refractivity contribution in [2.24, 2.45) is 7.05 Å². The van der Waals surface area contributed by atoms with Gasteiger partial charge in [0.2, 0.25) is 11.8 Å². The largest absolute Gasteiger partial charge is 0.493 e. The normalized spacial score (nSPS) is 15.7. The average Bonchev–Trinajstić information content (AvgIpc) is 3.16. The molecule has 0 saturated carbocycles. The number of nitrogens with zero attached hydrogens (tertiary/aromatic N) is 4. The molecule has 4 rings (SSSR count). The van der Waals surface area contributed by atoms with E-state index in [0.717, 1.165) is 22.4 Å². The smallest absolute Gasteiger partial charge is 0.240 e. The van der Waals surface area contributed by atoms with E-state index < -0.39 is 0 Å². The number of anilines is 1. The summed E-state index contributed by atoms with van der Waals surface area (Å²) in [6, 6.07) is 9.52. The Labute approximate surface area is 221 Å².